The highest BCUT2D eigenvalue weighted by atomic mass is 16.5. The molecular formula is C32H44N2O5. The van der Waals surface area contributed by atoms with Crippen LogP contribution in [0, 0.1) is 6.92 Å². The van der Waals surface area contributed by atoms with Gasteiger partial charge in [0.05, 0.1) is 24.8 Å². The van der Waals surface area contributed by atoms with Crippen molar-refractivity contribution in [2.75, 3.05) is 39.4 Å². The summed E-state index contributed by atoms with van der Waals surface area (Å²) in [5, 5.41) is 11.5. The molecule has 0 spiro atoms. The molecule has 1 aliphatic rings. The minimum atomic E-state index is -0.690. The van der Waals surface area contributed by atoms with E-state index in [-0.39, 0.29) is 11.3 Å². The van der Waals surface area contributed by atoms with Crippen LogP contribution >= 0.6 is 0 Å². The van der Waals surface area contributed by atoms with Crippen LogP contribution in [0.15, 0.2) is 48.0 Å². The maximum absolute atomic E-state index is 13.4. The Balaban J connectivity index is 2.01. The summed E-state index contributed by atoms with van der Waals surface area (Å²) in [4.78, 5) is 30.5. The van der Waals surface area contributed by atoms with Gasteiger partial charge in [-0.15, -0.1) is 0 Å². The highest BCUT2D eigenvalue weighted by molar-refractivity contribution is 6.46. The molecule has 0 aromatic heterocycles. The summed E-state index contributed by atoms with van der Waals surface area (Å²) >= 11 is 0. The second-order valence-corrected chi connectivity index (χ2v) is 9.97. The van der Waals surface area contributed by atoms with E-state index in [1.807, 2.05) is 37.3 Å². The van der Waals surface area contributed by atoms with Crippen LogP contribution < -0.4 is 9.47 Å². The number of hydrogen-bond acceptors (Lipinski definition) is 6. The molecule has 1 aliphatic heterocycles. The molecule has 3 rings (SSSR count). The molecule has 1 fully saturated rings. The van der Waals surface area contributed by atoms with Gasteiger partial charge in [0.15, 0.2) is 0 Å². The van der Waals surface area contributed by atoms with Gasteiger partial charge in [0.1, 0.15) is 17.3 Å². The molecule has 1 atom stereocenters. The van der Waals surface area contributed by atoms with Crippen molar-refractivity contribution < 1.29 is 24.2 Å². The fourth-order valence-corrected chi connectivity index (χ4v) is 4.80. The van der Waals surface area contributed by atoms with Crippen LogP contribution in [0.1, 0.15) is 76.1 Å². The number of aliphatic hydroxyl groups excluding tert-OH is 1. The summed E-state index contributed by atoms with van der Waals surface area (Å²) in [5.41, 5.74) is 2.16. The summed E-state index contributed by atoms with van der Waals surface area (Å²) < 4.78 is 11.6. The van der Waals surface area contributed by atoms with Crippen LogP contribution in [0.3, 0.4) is 0 Å². The molecule has 39 heavy (non-hydrogen) atoms. The molecule has 0 radical (unpaired) electrons. The van der Waals surface area contributed by atoms with Crippen LogP contribution in [-0.2, 0) is 9.59 Å². The number of likely N-dealkylation sites (N-methyl/N-ethyl adjacent to an activating group) is 1. The quantitative estimate of drug-likeness (QED) is 0.128. The van der Waals surface area contributed by atoms with Crippen molar-refractivity contribution in [2.24, 2.45) is 0 Å². The smallest absolute Gasteiger partial charge is 0.295 e. The Kier molecular flexibility index (Phi) is 11.4. The van der Waals surface area contributed by atoms with Crippen molar-refractivity contribution in [3.63, 3.8) is 0 Å². The molecule has 1 N–H and O–H groups in total. The van der Waals surface area contributed by atoms with Gasteiger partial charge in [0.25, 0.3) is 11.7 Å². The number of benzene rings is 2. The van der Waals surface area contributed by atoms with Crippen LogP contribution in [0.25, 0.3) is 5.76 Å². The molecule has 1 saturated heterocycles. The number of amides is 1. The van der Waals surface area contributed by atoms with Crippen LogP contribution in [0.2, 0.25) is 0 Å². The van der Waals surface area contributed by atoms with Crippen LogP contribution in [0.4, 0.5) is 0 Å². The molecule has 1 heterocycles. The summed E-state index contributed by atoms with van der Waals surface area (Å²) in [6.45, 7) is 14.2. The number of unbranched alkanes of at least 4 members (excludes halogenated alkanes) is 2. The monoisotopic (exact) mass is 536 g/mol. The minimum Gasteiger partial charge on any atom is -0.507 e. The standard InChI is InChI=1S/C32H44N2O5/c1-6-10-20-38-25-14-12-24(13-15-25)29-28(31(36)32(37)34(29)19-18-33(8-3)9-4)30(35)27-17-16-26(22-23(27)5)39-21-11-7-2/h12-17,22,29,35H,6-11,18-21H2,1-5H3. The van der Waals surface area contributed by atoms with Gasteiger partial charge in [-0.1, -0.05) is 52.7 Å². The van der Waals surface area contributed by atoms with E-state index >= 15 is 0 Å². The number of ketones is 1. The van der Waals surface area contributed by atoms with Crippen molar-refractivity contribution in [1.82, 2.24) is 9.80 Å². The topological polar surface area (TPSA) is 79.3 Å². The van der Waals surface area contributed by atoms with Gasteiger partial charge < -0.3 is 24.4 Å². The third-order valence-electron chi connectivity index (χ3n) is 7.27. The Morgan fingerprint density at radius 2 is 1.49 bits per heavy atom. The zero-order chi connectivity index (χ0) is 28.4. The molecule has 2 aromatic rings. The molecule has 0 bridgehead atoms. The number of aliphatic hydroxyl groups is 1. The van der Waals surface area contributed by atoms with Gasteiger partial charge in [-0.25, -0.2) is 0 Å². The second-order valence-electron chi connectivity index (χ2n) is 9.97. The van der Waals surface area contributed by atoms with E-state index in [2.05, 4.69) is 32.6 Å². The molecule has 7 heteroatoms. The largest absolute Gasteiger partial charge is 0.507 e. The van der Waals surface area contributed by atoms with E-state index in [1.54, 1.807) is 17.0 Å². The van der Waals surface area contributed by atoms with Gasteiger partial charge in [-0.3, -0.25) is 9.59 Å². The number of hydrogen-bond donors (Lipinski definition) is 1. The first-order chi connectivity index (χ1) is 18.9. The molecule has 2 aromatic carbocycles. The molecule has 212 valence electrons. The SMILES string of the molecule is CCCCOc1ccc(C2C(=C(O)c3ccc(OCCCC)cc3C)C(=O)C(=O)N2CCN(CC)CC)cc1. The lowest BCUT2D eigenvalue weighted by atomic mass is 9.94. The highest BCUT2D eigenvalue weighted by Crippen LogP contribution is 2.40. The number of rotatable bonds is 15. The number of aryl methyl sites for hydroxylation is 1. The van der Waals surface area contributed by atoms with E-state index in [4.69, 9.17) is 9.47 Å². The van der Waals surface area contributed by atoms with E-state index < -0.39 is 17.7 Å². The van der Waals surface area contributed by atoms with E-state index in [0.29, 0.717) is 37.6 Å². The number of likely N-dealkylation sites (tertiary alicyclic amines) is 1. The van der Waals surface area contributed by atoms with Gasteiger partial charge in [-0.2, -0.15) is 0 Å². The first kappa shape index (κ1) is 30.2. The Morgan fingerprint density at radius 1 is 0.897 bits per heavy atom. The van der Waals surface area contributed by atoms with Crippen molar-refractivity contribution >= 4 is 17.4 Å². The third kappa shape index (κ3) is 7.41. The van der Waals surface area contributed by atoms with E-state index in [9.17, 15) is 14.7 Å². The molecule has 7 nitrogen and oxygen atoms in total. The average Bonchev–Trinajstić information content (AvgIpc) is 3.19. The van der Waals surface area contributed by atoms with Crippen molar-refractivity contribution in [3.8, 4) is 11.5 Å². The normalized spacial score (nSPS) is 16.8. The lowest BCUT2D eigenvalue weighted by Gasteiger charge is -2.28. The maximum Gasteiger partial charge on any atom is 0.295 e. The predicted octanol–water partition coefficient (Wildman–Crippen LogP) is 6.12. The number of carbonyl (C=O) groups is 2. The van der Waals surface area contributed by atoms with Crippen molar-refractivity contribution in [3.05, 3.63) is 64.7 Å². The number of ether oxygens (including phenoxy) is 2. The predicted molar refractivity (Wildman–Crippen MR) is 155 cm³/mol. The van der Waals surface area contributed by atoms with Gasteiger partial charge >= 0.3 is 0 Å². The van der Waals surface area contributed by atoms with Gasteiger partial charge in [0.2, 0.25) is 0 Å². The minimum absolute atomic E-state index is 0.113. The Hall–Kier alpha value is -3.32. The molecule has 1 amide bonds. The lowest BCUT2D eigenvalue weighted by molar-refractivity contribution is -0.140. The Bertz CT molecular complexity index is 1140. The van der Waals surface area contributed by atoms with Crippen LogP contribution in [0.5, 0.6) is 11.5 Å². The van der Waals surface area contributed by atoms with Gasteiger partial charge in [-0.05, 0) is 74.3 Å². The zero-order valence-electron chi connectivity index (χ0n) is 24.2. The first-order valence-electron chi connectivity index (χ1n) is 14.3. The zero-order valence-corrected chi connectivity index (χ0v) is 24.2. The fraction of sp³-hybridized carbons (Fsp3) is 0.500. The summed E-state index contributed by atoms with van der Waals surface area (Å²) in [6, 6.07) is 12.2. The summed E-state index contributed by atoms with van der Waals surface area (Å²) in [7, 11) is 0. The molecular weight excluding hydrogens is 492 g/mol. The van der Waals surface area contributed by atoms with Crippen molar-refractivity contribution in [2.45, 2.75) is 66.3 Å². The van der Waals surface area contributed by atoms with E-state index in [1.165, 1.54) is 0 Å². The fourth-order valence-electron chi connectivity index (χ4n) is 4.80. The number of Topliss-reactive ketones (excluding diaryl/α,β-unsaturated/α-hetero) is 1. The molecule has 0 aliphatic carbocycles. The molecule has 0 saturated carbocycles. The van der Waals surface area contributed by atoms with Gasteiger partial charge in [0, 0.05) is 18.7 Å². The van der Waals surface area contributed by atoms with E-state index in [0.717, 1.165) is 55.6 Å². The summed E-state index contributed by atoms with van der Waals surface area (Å²) in [6.07, 6.45) is 4.01. The Morgan fingerprint density at radius 3 is 2.05 bits per heavy atom. The second kappa shape index (κ2) is 14.7. The Labute approximate surface area is 233 Å². The maximum atomic E-state index is 13.4. The van der Waals surface area contributed by atoms with Crippen molar-refractivity contribution in [1.29, 1.82) is 0 Å². The first-order valence-corrected chi connectivity index (χ1v) is 14.3. The number of nitrogens with zero attached hydrogens (tertiary/aromatic N) is 2. The van der Waals surface area contributed by atoms with Crippen LogP contribution in [-0.4, -0.2) is 66.0 Å². The molecule has 1 unspecified atom stereocenters. The highest BCUT2D eigenvalue weighted by Gasteiger charge is 2.46. The average molecular weight is 537 g/mol. The lowest BCUT2D eigenvalue weighted by Crippen LogP contribution is -2.38. The third-order valence-corrected chi connectivity index (χ3v) is 7.27. The summed E-state index contributed by atoms with van der Waals surface area (Å²) in [5.74, 6) is 0.0379. The number of carbonyl (C=O) groups excluding carboxylic acids is 2.